The number of amides is 1. The zero-order chi connectivity index (χ0) is 26.9. The summed E-state index contributed by atoms with van der Waals surface area (Å²) in [6.07, 6.45) is 0.239. The summed E-state index contributed by atoms with van der Waals surface area (Å²) in [7, 11) is 0. The highest BCUT2D eigenvalue weighted by molar-refractivity contribution is 8.14. The maximum atomic E-state index is 12.8. The molecule has 1 aliphatic heterocycles. The number of rotatable bonds is 10. The van der Waals surface area contributed by atoms with E-state index in [1.807, 2.05) is 0 Å². The fraction of sp³-hybridized carbons (Fsp3) is 0.375. The Hall–Kier alpha value is -4.00. The highest BCUT2D eigenvalue weighted by Crippen LogP contribution is 2.31. The van der Waals surface area contributed by atoms with Gasteiger partial charge < -0.3 is 14.4 Å². The van der Waals surface area contributed by atoms with Crippen molar-refractivity contribution in [1.82, 2.24) is 4.90 Å². The van der Waals surface area contributed by atoms with E-state index >= 15 is 0 Å². The van der Waals surface area contributed by atoms with Gasteiger partial charge in [-0.25, -0.2) is 4.79 Å². The van der Waals surface area contributed by atoms with Crippen LogP contribution in [0.15, 0.2) is 48.5 Å². The molecule has 0 aliphatic carbocycles. The Morgan fingerprint density at radius 2 is 1.43 bits per heavy atom. The van der Waals surface area contributed by atoms with E-state index in [0.29, 0.717) is 24.0 Å². The van der Waals surface area contributed by atoms with E-state index < -0.39 is 21.9 Å². The molecule has 0 unspecified atom stereocenters. The van der Waals surface area contributed by atoms with Crippen LogP contribution in [0.4, 0.5) is 16.2 Å². The average Bonchev–Trinajstić information content (AvgIpc) is 3.27. The molecule has 1 amide bonds. The minimum atomic E-state index is -0.603. The second kappa shape index (κ2) is 12.8. The molecule has 2 aromatic rings. The molecule has 2 aromatic carbocycles. The molecule has 0 spiro atoms. The molecular weight excluding hydrogens is 506 g/mol. The third-order valence-electron chi connectivity index (χ3n) is 5.68. The van der Waals surface area contributed by atoms with Crippen molar-refractivity contribution in [1.29, 1.82) is 0 Å². The van der Waals surface area contributed by atoms with Gasteiger partial charge in [-0.15, -0.1) is 0 Å². The van der Waals surface area contributed by atoms with Crippen molar-refractivity contribution < 1.29 is 33.7 Å². The van der Waals surface area contributed by atoms with Crippen molar-refractivity contribution in [2.45, 2.75) is 50.7 Å². The number of carbonyl (C=O) groups is 3. The summed E-state index contributed by atoms with van der Waals surface area (Å²) in [6, 6.07) is 11.0. The number of esters is 1. The van der Waals surface area contributed by atoms with Crippen LogP contribution in [0.1, 0.15) is 37.3 Å². The van der Waals surface area contributed by atoms with Gasteiger partial charge in [0, 0.05) is 55.4 Å². The first-order valence-electron chi connectivity index (χ1n) is 11.3. The number of nitro groups is 2. The molecule has 3 rings (SSSR count). The number of likely N-dealkylation sites (tertiary alicyclic amines) is 1. The number of nitrogens with zero attached hydrogens (tertiary/aromatic N) is 3. The third kappa shape index (κ3) is 8.27. The minimum absolute atomic E-state index is 0.0290. The summed E-state index contributed by atoms with van der Waals surface area (Å²) in [5.74, 6) is -0.486. The zero-order valence-corrected chi connectivity index (χ0v) is 20.8. The Balaban J connectivity index is 1.53. The van der Waals surface area contributed by atoms with Gasteiger partial charge in [-0.05, 0) is 48.2 Å². The van der Waals surface area contributed by atoms with Gasteiger partial charge >= 0.3 is 12.1 Å². The van der Waals surface area contributed by atoms with Crippen LogP contribution in [-0.4, -0.2) is 49.8 Å². The van der Waals surface area contributed by atoms with Crippen LogP contribution in [0.2, 0.25) is 0 Å². The smallest absolute Gasteiger partial charge is 0.410 e. The number of nitro benzene ring substituents is 2. The minimum Gasteiger partial charge on any atom is -0.461 e. The third-order valence-corrected chi connectivity index (χ3v) is 6.69. The lowest BCUT2D eigenvalue weighted by Crippen LogP contribution is -2.36. The monoisotopic (exact) mass is 531 g/mol. The standard InChI is InChI=1S/C24H25N3O9S/c1-16(28)37-22-12-21(10-11-23(29)35-14-17-2-6-19(7-3-17)26(31)32)25(13-22)24(30)36-15-18-4-8-20(9-5-18)27(33)34/h2-9,21-22H,10-15H2,1H3/t21-,22+/m1/s1. The van der Waals surface area contributed by atoms with E-state index in [1.54, 1.807) is 0 Å². The average molecular weight is 532 g/mol. The van der Waals surface area contributed by atoms with Gasteiger partial charge in [-0.2, -0.15) is 0 Å². The van der Waals surface area contributed by atoms with Crippen LogP contribution in [0.5, 0.6) is 0 Å². The lowest BCUT2D eigenvalue weighted by Gasteiger charge is -2.23. The molecule has 1 fully saturated rings. The Labute approximate surface area is 216 Å². The van der Waals surface area contributed by atoms with E-state index in [4.69, 9.17) is 9.47 Å². The Morgan fingerprint density at radius 1 is 0.919 bits per heavy atom. The van der Waals surface area contributed by atoms with E-state index in [0.717, 1.165) is 11.8 Å². The molecule has 0 N–H and O–H groups in total. The van der Waals surface area contributed by atoms with Crippen molar-refractivity contribution in [3.05, 3.63) is 79.9 Å². The van der Waals surface area contributed by atoms with E-state index in [2.05, 4.69) is 0 Å². The van der Waals surface area contributed by atoms with Crippen LogP contribution in [0, 0.1) is 20.2 Å². The molecule has 12 nitrogen and oxygen atoms in total. The highest BCUT2D eigenvalue weighted by atomic mass is 32.2. The van der Waals surface area contributed by atoms with Gasteiger partial charge in [0.2, 0.25) is 0 Å². The summed E-state index contributed by atoms with van der Waals surface area (Å²) in [5, 5.41) is 21.3. The van der Waals surface area contributed by atoms with Crippen LogP contribution in [-0.2, 0) is 32.3 Å². The SMILES string of the molecule is CC(=O)S[C@H]1C[C@@H](CCC(=O)OCc2ccc([N+](=O)[O-])cc2)N(C(=O)OCc2ccc([N+](=O)[O-])cc2)C1. The lowest BCUT2D eigenvalue weighted by atomic mass is 10.1. The molecule has 0 saturated carbocycles. The molecule has 0 bridgehead atoms. The van der Waals surface area contributed by atoms with Gasteiger partial charge in [0.15, 0.2) is 5.12 Å². The summed E-state index contributed by atoms with van der Waals surface area (Å²) in [4.78, 5) is 58.7. The normalized spacial score (nSPS) is 16.7. The van der Waals surface area contributed by atoms with Crippen molar-refractivity contribution >= 4 is 40.3 Å². The van der Waals surface area contributed by atoms with Crippen LogP contribution >= 0.6 is 11.8 Å². The largest absolute Gasteiger partial charge is 0.461 e. The van der Waals surface area contributed by atoms with Gasteiger partial charge in [0.05, 0.1) is 9.85 Å². The maximum absolute atomic E-state index is 12.8. The summed E-state index contributed by atoms with van der Waals surface area (Å²) in [6.45, 7) is 1.61. The van der Waals surface area contributed by atoms with Crippen LogP contribution in [0.25, 0.3) is 0 Å². The number of carbonyl (C=O) groups excluding carboxylic acids is 3. The Bertz CT molecular complexity index is 1160. The van der Waals surface area contributed by atoms with Crippen molar-refractivity contribution in [2.75, 3.05) is 6.54 Å². The predicted octanol–water partition coefficient (Wildman–Crippen LogP) is 4.39. The van der Waals surface area contributed by atoms with Gasteiger partial charge in [-0.3, -0.25) is 29.8 Å². The second-order valence-corrected chi connectivity index (χ2v) is 9.85. The molecule has 1 saturated heterocycles. The molecule has 0 aromatic heterocycles. The Kier molecular flexibility index (Phi) is 9.55. The first-order valence-corrected chi connectivity index (χ1v) is 12.2. The van der Waals surface area contributed by atoms with Crippen molar-refractivity contribution in [2.24, 2.45) is 0 Å². The van der Waals surface area contributed by atoms with Gasteiger partial charge in [0.25, 0.3) is 11.4 Å². The number of hydrogen-bond acceptors (Lipinski definition) is 10. The summed E-state index contributed by atoms with van der Waals surface area (Å²) < 4.78 is 10.6. The molecule has 0 radical (unpaired) electrons. The number of ether oxygens (including phenoxy) is 2. The second-order valence-electron chi connectivity index (χ2n) is 8.37. The van der Waals surface area contributed by atoms with Crippen LogP contribution < -0.4 is 0 Å². The molecule has 2 atom stereocenters. The number of thioether (sulfide) groups is 1. The molecule has 13 heteroatoms. The Morgan fingerprint density at radius 3 is 1.92 bits per heavy atom. The quantitative estimate of drug-likeness (QED) is 0.244. The topological polar surface area (TPSA) is 159 Å². The summed E-state index contributed by atoms with van der Waals surface area (Å²) >= 11 is 1.13. The van der Waals surface area contributed by atoms with Crippen LogP contribution in [0.3, 0.4) is 0 Å². The molecule has 1 heterocycles. The van der Waals surface area contributed by atoms with Crippen molar-refractivity contribution in [3.8, 4) is 0 Å². The first-order chi connectivity index (χ1) is 17.6. The number of non-ortho nitro benzene ring substituents is 2. The first kappa shape index (κ1) is 27.6. The summed E-state index contributed by atoms with van der Waals surface area (Å²) in [5.41, 5.74) is 1.06. The van der Waals surface area contributed by atoms with Crippen molar-refractivity contribution in [3.63, 3.8) is 0 Å². The molecule has 37 heavy (non-hydrogen) atoms. The maximum Gasteiger partial charge on any atom is 0.410 e. The van der Waals surface area contributed by atoms with E-state index in [9.17, 15) is 34.6 Å². The molecule has 196 valence electrons. The lowest BCUT2D eigenvalue weighted by molar-refractivity contribution is -0.385. The number of hydrogen-bond donors (Lipinski definition) is 0. The van der Waals surface area contributed by atoms with Gasteiger partial charge in [0.1, 0.15) is 13.2 Å². The fourth-order valence-corrected chi connectivity index (χ4v) is 4.89. The van der Waals surface area contributed by atoms with E-state index in [-0.39, 0.29) is 54.0 Å². The van der Waals surface area contributed by atoms with Gasteiger partial charge in [-0.1, -0.05) is 11.8 Å². The predicted molar refractivity (Wildman–Crippen MR) is 133 cm³/mol. The fourth-order valence-electron chi connectivity index (χ4n) is 3.87. The van der Waals surface area contributed by atoms with E-state index in [1.165, 1.54) is 60.4 Å². The molecular formula is C24H25N3O9S. The molecule has 1 aliphatic rings. The number of benzene rings is 2. The zero-order valence-electron chi connectivity index (χ0n) is 19.9. The highest BCUT2D eigenvalue weighted by Gasteiger charge is 2.37.